The van der Waals surface area contributed by atoms with Crippen molar-refractivity contribution in [3.05, 3.63) is 69.3 Å². The van der Waals surface area contributed by atoms with Gasteiger partial charge in [-0.15, -0.1) is 0 Å². The maximum absolute atomic E-state index is 12.8. The number of hydrogen-bond donors (Lipinski definition) is 1. The maximum atomic E-state index is 12.8. The second-order valence-electron chi connectivity index (χ2n) is 4.94. The minimum atomic E-state index is -4.78. The molecule has 0 bridgehead atoms. The molecular weight excluding hydrogens is 368 g/mol. The molecule has 0 atom stereocenters. The van der Waals surface area contributed by atoms with Gasteiger partial charge in [-0.2, -0.15) is 31.4 Å². The Bertz CT molecular complexity index is 846. The molecule has 26 heavy (non-hydrogen) atoms. The fourth-order valence-electron chi connectivity index (χ4n) is 1.99. The van der Waals surface area contributed by atoms with Gasteiger partial charge in [0.2, 0.25) is 0 Å². The summed E-state index contributed by atoms with van der Waals surface area (Å²) in [6.45, 7) is 0. The molecule has 0 aliphatic rings. The maximum Gasteiger partial charge on any atom is 0.417 e. The second-order valence-corrected chi connectivity index (χ2v) is 4.94. The van der Waals surface area contributed by atoms with Crippen LogP contribution in [0.1, 0.15) is 16.7 Å². The van der Waals surface area contributed by atoms with Gasteiger partial charge in [-0.1, -0.05) is 18.2 Å². The Labute approximate surface area is 142 Å². The molecule has 0 aliphatic heterocycles. The molecule has 0 aromatic heterocycles. The van der Waals surface area contributed by atoms with Crippen LogP contribution in [0.25, 0.3) is 0 Å². The Morgan fingerprint density at radius 3 is 2.23 bits per heavy atom. The third-order valence-electron chi connectivity index (χ3n) is 3.18. The van der Waals surface area contributed by atoms with E-state index in [0.717, 1.165) is 24.4 Å². The zero-order valence-corrected chi connectivity index (χ0v) is 12.6. The topological polar surface area (TPSA) is 67.5 Å². The first-order valence-electron chi connectivity index (χ1n) is 6.81. The monoisotopic (exact) mass is 377 g/mol. The molecule has 2 aromatic carbocycles. The standard InChI is InChI=1S/C15H9F6N3O2/c16-14(17,18)10-5-6-12(13(7-10)24(25)26)23-22-8-9-3-1-2-4-11(9)15(19,20)21/h1-8,23H/b22-8-. The number of nitro groups is 1. The molecule has 0 amide bonds. The Balaban J connectivity index is 2.31. The van der Waals surface area contributed by atoms with Crippen LogP contribution in [0.5, 0.6) is 0 Å². The molecule has 0 saturated heterocycles. The number of benzene rings is 2. The molecule has 5 nitrogen and oxygen atoms in total. The summed E-state index contributed by atoms with van der Waals surface area (Å²) in [5.74, 6) is 0. The lowest BCUT2D eigenvalue weighted by Gasteiger charge is -2.10. The van der Waals surface area contributed by atoms with Crippen LogP contribution in [0.2, 0.25) is 0 Å². The fraction of sp³-hybridized carbons (Fsp3) is 0.133. The van der Waals surface area contributed by atoms with Crippen molar-refractivity contribution in [2.75, 3.05) is 5.43 Å². The second kappa shape index (κ2) is 7.02. The molecule has 0 saturated carbocycles. The number of nitro benzene ring substituents is 1. The van der Waals surface area contributed by atoms with E-state index in [4.69, 9.17) is 0 Å². The van der Waals surface area contributed by atoms with Crippen molar-refractivity contribution in [2.24, 2.45) is 5.10 Å². The summed E-state index contributed by atoms with van der Waals surface area (Å²) in [5, 5.41) is 14.4. The van der Waals surface area contributed by atoms with E-state index in [1.807, 2.05) is 0 Å². The summed E-state index contributed by atoms with van der Waals surface area (Å²) in [5.41, 5.74) is -1.75. The highest BCUT2D eigenvalue weighted by molar-refractivity contribution is 5.83. The lowest BCUT2D eigenvalue weighted by atomic mass is 10.1. The van der Waals surface area contributed by atoms with Gasteiger partial charge in [-0.3, -0.25) is 15.5 Å². The average Bonchev–Trinajstić information content (AvgIpc) is 2.53. The fourth-order valence-corrected chi connectivity index (χ4v) is 1.99. The third kappa shape index (κ3) is 4.49. The van der Waals surface area contributed by atoms with E-state index in [0.29, 0.717) is 12.1 Å². The van der Waals surface area contributed by atoms with Crippen LogP contribution < -0.4 is 5.43 Å². The van der Waals surface area contributed by atoms with Crippen LogP contribution in [-0.2, 0) is 12.4 Å². The molecule has 11 heteroatoms. The summed E-state index contributed by atoms with van der Waals surface area (Å²) in [7, 11) is 0. The van der Waals surface area contributed by atoms with Gasteiger partial charge in [-0.25, -0.2) is 0 Å². The molecule has 0 unspecified atom stereocenters. The SMILES string of the molecule is O=[N+]([O-])c1cc(C(F)(F)F)ccc1N/N=C\c1ccccc1C(F)(F)F. The molecule has 138 valence electrons. The van der Waals surface area contributed by atoms with E-state index in [1.165, 1.54) is 12.1 Å². The van der Waals surface area contributed by atoms with Crippen molar-refractivity contribution >= 4 is 17.6 Å². The predicted molar refractivity (Wildman–Crippen MR) is 80.8 cm³/mol. The first-order valence-corrected chi connectivity index (χ1v) is 6.81. The van der Waals surface area contributed by atoms with Gasteiger partial charge < -0.3 is 0 Å². The summed E-state index contributed by atoms with van der Waals surface area (Å²) >= 11 is 0. The number of anilines is 1. The van der Waals surface area contributed by atoms with Gasteiger partial charge >= 0.3 is 12.4 Å². The van der Waals surface area contributed by atoms with E-state index in [9.17, 15) is 36.5 Å². The largest absolute Gasteiger partial charge is 0.417 e. The number of hydrazone groups is 1. The minimum absolute atomic E-state index is 0.307. The Morgan fingerprint density at radius 1 is 1.00 bits per heavy atom. The number of nitrogens with one attached hydrogen (secondary N) is 1. The quantitative estimate of drug-likeness (QED) is 0.350. The van der Waals surface area contributed by atoms with E-state index < -0.39 is 39.8 Å². The average molecular weight is 377 g/mol. The van der Waals surface area contributed by atoms with Crippen molar-refractivity contribution < 1.29 is 31.3 Å². The number of nitrogens with zero attached hydrogens (tertiary/aromatic N) is 2. The van der Waals surface area contributed by atoms with E-state index in [-0.39, 0.29) is 5.56 Å². The van der Waals surface area contributed by atoms with Crippen molar-refractivity contribution in [2.45, 2.75) is 12.4 Å². The predicted octanol–water partition coefficient (Wildman–Crippen LogP) is 5.08. The van der Waals surface area contributed by atoms with Crippen LogP contribution in [0, 0.1) is 10.1 Å². The van der Waals surface area contributed by atoms with E-state index in [2.05, 4.69) is 10.5 Å². The van der Waals surface area contributed by atoms with Crippen LogP contribution in [0.3, 0.4) is 0 Å². The number of hydrogen-bond acceptors (Lipinski definition) is 4. The van der Waals surface area contributed by atoms with Crippen LogP contribution in [0.15, 0.2) is 47.6 Å². The number of alkyl halides is 6. The minimum Gasteiger partial charge on any atom is -0.272 e. The smallest absolute Gasteiger partial charge is 0.272 e. The lowest BCUT2D eigenvalue weighted by molar-refractivity contribution is -0.384. The van der Waals surface area contributed by atoms with Gasteiger partial charge in [0.25, 0.3) is 5.69 Å². The van der Waals surface area contributed by atoms with Crippen molar-refractivity contribution in [1.82, 2.24) is 0 Å². The highest BCUT2D eigenvalue weighted by Gasteiger charge is 2.33. The zero-order chi connectivity index (χ0) is 19.5. The third-order valence-corrected chi connectivity index (χ3v) is 3.18. The first-order chi connectivity index (χ1) is 12.0. The van der Waals surface area contributed by atoms with Crippen LogP contribution in [-0.4, -0.2) is 11.1 Å². The first kappa shape index (κ1) is 19.2. The van der Waals surface area contributed by atoms with Crippen molar-refractivity contribution in [1.29, 1.82) is 0 Å². The summed E-state index contributed by atoms with van der Waals surface area (Å²) < 4.78 is 76.4. The molecule has 2 aromatic rings. The van der Waals surface area contributed by atoms with E-state index in [1.54, 1.807) is 0 Å². The van der Waals surface area contributed by atoms with Gasteiger partial charge in [0.05, 0.1) is 22.3 Å². The highest BCUT2D eigenvalue weighted by atomic mass is 19.4. The molecule has 0 aliphatic carbocycles. The van der Waals surface area contributed by atoms with Crippen molar-refractivity contribution in [3.63, 3.8) is 0 Å². The van der Waals surface area contributed by atoms with Gasteiger partial charge in [0, 0.05) is 11.6 Å². The number of halogens is 6. The van der Waals surface area contributed by atoms with Crippen LogP contribution in [0.4, 0.5) is 37.7 Å². The molecule has 1 N–H and O–H groups in total. The summed E-state index contributed by atoms with van der Waals surface area (Å²) in [6.07, 6.45) is -8.65. The zero-order valence-electron chi connectivity index (χ0n) is 12.6. The van der Waals surface area contributed by atoms with E-state index >= 15 is 0 Å². The normalized spacial score (nSPS) is 12.4. The van der Waals surface area contributed by atoms with Gasteiger partial charge in [0.15, 0.2) is 0 Å². The lowest BCUT2D eigenvalue weighted by Crippen LogP contribution is -2.09. The summed E-state index contributed by atoms with van der Waals surface area (Å²) in [4.78, 5) is 9.86. The van der Waals surface area contributed by atoms with Gasteiger partial charge in [-0.05, 0) is 18.2 Å². The molecule has 2 rings (SSSR count). The Kier molecular flexibility index (Phi) is 5.19. The molecular formula is C15H9F6N3O2. The molecule has 0 fully saturated rings. The molecule has 0 heterocycles. The van der Waals surface area contributed by atoms with Gasteiger partial charge in [0.1, 0.15) is 5.69 Å². The highest BCUT2D eigenvalue weighted by Crippen LogP contribution is 2.35. The molecule has 0 spiro atoms. The summed E-state index contributed by atoms with van der Waals surface area (Å²) in [6, 6.07) is 6.12. The van der Waals surface area contributed by atoms with Crippen LogP contribution >= 0.6 is 0 Å². The Hall–Kier alpha value is -3.11. The Morgan fingerprint density at radius 2 is 1.65 bits per heavy atom. The van der Waals surface area contributed by atoms with Crippen molar-refractivity contribution in [3.8, 4) is 0 Å². The molecule has 0 radical (unpaired) electrons. The number of rotatable bonds is 4.